The van der Waals surface area contributed by atoms with Crippen LogP contribution in [0.5, 0.6) is 5.75 Å². The Morgan fingerprint density at radius 3 is 2.24 bits per heavy atom. The van der Waals surface area contributed by atoms with E-state index in [4.69, 9.17) is 4.74 Å². The second-order valence-electron chi connectivity index (χ2n) is 6.91. The summed E-state index contributed by atoms with van der Waals surface area (Å²) in [6.45, 7) is 9.04. The molecule has 4 heteroatoms. The molecule has 0 spiro atoms. The van der Waals surface area contributed by atoms with Crippen LogP contribution in [-0.4, -0.2) is 55.4 Å². The molecule has 2 aromatic carbocycles. The maximum Gasteiger partial charge on any atom is 0.119 e. The van der Waals surface area contributed by atoms with Gasteiger partial charge in [0, 0.05) is 38.4 Å². The highest BCUT2D eigenvalue weighted by molar-refractivity contribution is 5.46. The Balaban J connectivity index is 1.42. The van der Waals surface area contributed by atoms with Crippen molar-refractivity contribution >= 4 is 5.69 Å². The van der Waals surface area contributed by atoms with Crippen molar-refractivity contribution in [2.24, 2.45) is 0 Å². The molecule has 25 heavy (non-hydrogen) atoms. The molecule has 4 nitrogen and oxygen atoms in total. The molecule has 1 aliphatic heterocycles. The lowest BCUT2D eigenvalue weighted by molar-refractivity contribution is 0.0663. The summed E-state index contributed by atoms with van der Waals surface area (Å²) in [7, 11) is 0. The fourth-order valence-electron chi connectivity index (χ4n) is 3.39. The summed E-state index contributed by atoms with van der Waals surface area (Å²) in [5, 5.41) is 10.3. The van der Waals surface area contributed by atoms with Crippen LogP contribution >= 0.6 is 0 Å². The van der Waals surface area contributed by atoms with Gasteiger partial charge in [-0.3, -0.25) is 4.90 Å². The van der Waals surface area contributed by atoms with Gasteiger partial charge in [0.2, 0.25) is 0 Å². The van der Waals surface area contributed by atoms with E-state index in [1.54, 1.807) is 0 Å². The van der Waals surface area contributed by atoms with Gasteiger partial charge in [0.15, 0.2) is 0 Å². The van der Waals surface area contributed by atoms with Gasteiger partial charge in [-0.2, -0.15) is 0 Å². The average molecular weight is 340 g/mol. The lowest BCUT2D eigenvalue weighted by Crippen LogP contribution is -2.49. The number of rotatable bonds is 6. The summed E-state index contributed by atoms with van der Waals surface area (Å²) in [5.74, 6) is 0.838. The molecule has 0 amide bonds. The summed E-state index contributed by atoms with van der Waals surface area (Å²) in [4.78, 5) is 4.71. The number of aliphatic hydroxyl groups excluding tert-OH is 1. The van der Waals surface area contributed by atoms with Crippen molar-refractivity contribution in [1.29, 1.82) is 0 Å². The van der Waals surface area contributed by atoms with E-state index in [0.717, 1.165) is 31.9 Å². The number of benzene rings is 2. The molecule has 0 bridgehead atoms. The third-order valence-electron chi connectivity index (χ3n) is 4.60. The van der Waals surface area contributed by atoms with Crippen LogP contribution in [0.3, 0.4) is 0 Å². The molecular formula is C21H28N2O2. The first kappa shape index (κ1) is 17.8. The summed E-state index contributed by atoms with van der Waals surface area (Å²) in [5.41, 5.74) is 3.64. The van der Waals surface area contributed by atoms with Gasteiger partial charge < -0.3 is 14.7 Å². The highest BCUT2D eigenvalue weighted by Crippen LogP contribution is 2.17. The number of hydrogen-bond acceptors (Lipinski definition) is 4. The van der Waals surface area contributed by atoms with Crippen LogP contribution in [0.1, 0.15) is 11.1 Å². The van der Waals surface area contributed by atoms with E-state index in [-0.39, 0.29) is 0 Å². The lowest BCUT2D eigenvalue weighted by atomic mass is 10.1. The van der Waals surface area contributed by atoms with E-state index in [2.05, 4.69) is 54.0 Å². The van der Waals surface area contributed by atoms with Crippen molar-refractivity contribution in [1.82, 2.24) is 4.90 Å². The molecule has 3 rings (SSSR count). The van der Waals surface area contributed by atoms with Crippen molar-refractivity contribution in [3.63, 3.8) is 0 Å². The number of ether oxygens (including phenoxy) is 1. The largest absolute Gasteiger partial charge is 0.491 e. The highest BCUT2D eigenvalue weighted by atomic mass is 16.5. The Morgan fingerprint density at radius 2 is 1.60 bits per heavy atom. The monoisotopic (exact) mass is 340 g/mol. The number of aliphatic hydroxyl groups is 1. The third kappa shape index (κ3) is 5.21. The quantitative estimate of drug-likeness (QED) is 0.877. The maximum atomic E-state index is 10.3. The molecule has 0 saturated carbocycles. The normalized spacial score (nSPS) is 16.7. The Labute approximate surface area is 150 Å². The van der Waals surface area contributed by atoms with Gasteiger partial charge in [-0.25, -0.2) is 0 Å². The predicted octanol–water partition coefficient (Wildman–Crippen LogP) is 2.87. The molecule has 1 fully saturated rings. The molecule has 1 heterocycles. The van der Waals surface area contributed by atoms with Crippen molar-refractivity contribution in [3.8, 4) is 5.75 Å². The SMILES string of the molecule is Cc1cc(C)cc(OCC(O)CN2CCN(c3ccccc3)CC2)c1. The number of para-hydroxylation sites is 1. The zero-order valence-corrected chi connectivity index (χ0v) is 15.2. The summed E-state index contributed by atoms with van der Waals surface area (Å²) < 4.78 is 5.77. The molecule has 0 aromatic heterocycles. The number of anilines is 1. The molecule has 1 saturated heterocycles. The smallest absolute Gasteiger partial charge is 0.119 e. The molecule has 0 radical (unpaired) electrons. The van der Waals surface area contributed by atoms with Crippen LogP contribution < -0.4 is 9.64 Å². The van der Waals surface area contributed by atoms with E-state index in [9.17, 15) is 5.11 Å². The minimum Gasteiger partial charge on any atom is -0.491 e. The topological polar surface area (TPSA) is 35.9 Å². The van der Waals surface area contributed by atoms with Crippen LogP contribution in [0.25, 0.3) is 0 Å². The Bertz CT molecular complexity index is 647. The number of piperazine rings is 1. The van der Waals surface area contributed by atoms with Gasteiger partial charge in [-0.15, -0.1) is 0 Å². The molecule has 1 aliphatic rings. The van der Waals surface area contributed by atoms with Crippen molar-refractivity contribution < 1.29 is 9.84 Å². The van der Waals surface area contributed by atoms with Crippen molar-refractivity contribution in [2.45, 2.75) is 20.0 Å². The van der Waals surface area contributed by atoms with Gasteiger partial charge >= 0.3 is 0 Å². The Hall–Kier alpha value is -2.04. The minimum absolute atomic E-state index is 0.335. The standard InChI is InChI=1S/C21H28N2O2/c1-17-12-18(2)14-21(13-17)25-16-20(24)15-22-8-10-23(11-9-22)19-6-4-3-5-7-19/h3-7,12-14,20,24H,8-11,15-16H2,1-2H3. The first-order valence-electron chi connectivity index (χ1n) is 9.01. The fourth-order valence-corrected chi connectivity index (χ4v) is 3.39. The second kappa shape index (κ2) is 8.37. The fraction of sp³-hybridized carbons (Fsp3) is 0.429. The number of hydrogen-bond donors (Lipinski definition) is 1. The number of nitrogens with zero attached hydrogens (tertiary/aromatic N) is 2. The second-order valence-corrected chi connectivity index (χ2v) is 6.91. The minimum atomic E-state index is -0.468. The van der Waals surface area contributed by atoms with Crippen molar-refractivity contribution in [3.05, 3.63) is 59.7 Å². The first-order chi connectivity index (χ1) is 12.1. The van der Waals surface area contributed by atoms with Crippen molar-refractivity contribution in [2.75, 3.05) is 44.2 Å². The van der Waals surface area contributed by atoms with E-state index < -0.39 is 6.10 Å². The van der Waals surface area contributed by atoms with Gasteiger partial charge in [0.25, 0.3) is 0 Å². The van der Waals surface area contributed by atoms with Crippen LogP contribution in [0, 0.1) is 13.8 Å². The highest BCUT2D eigenvalue weighted by Gasteiger charge is 2.19. The molecular weight excluding hydrogens is 312 g/mol. The lowest BCUT2D eigenvalue weighted by Gasteiger charge is -2.36. The molecule has 0 aliphatic carbocycles. The first-order valence-corrected chi connectivity index (χ1v) is 9.01. The van der Waals surface area contributed by atoms with E-state index >= 15 is 0 Å². The summed E-state index contributed by atoms with van der Waals surface area (Å²) >= 11 is 0. The van der Waals surface area contributed by atoms with Gasteiger partial charge in [-0.1, -0.05) is 24.3 Å². The molecule has 134 valence electrons. The van der Waals surface area contributed by atoms with Gasteiger partial charge in [-0.05, 0) is 49.2 Å². The van der Waals surface area contributed by atoms with Gasteiger partial charge in [0.05, 0.1) is 0 Å². The zero-order valence-electron chi connectivity index (χ0n) is 15.2. The molecule has 1 atom stereocenters. The average Bonchev–Trinajstić information content (AvgIpc) is 2.61. The van der Waals surface area contributed by atoms with E-state index in [1.165, 1.54) is 16.8 Å². The molecule has 1 N–H and O–H groups in total. The van der Waals surface area contributed by atoms with Crippen LogP contribution in [-0.2, 0) is 0 Å². The third-order valence-corrected chi connectivity index (χ3v) is 4.60. The number of aryl methyl sites for hydroxylation is 2. The molecule has 2 aromatic rings. The Morgan fingerprint density at radius 1 is 0.960 bits per heavy atom. The van der Waals surface area contributed by atoms with E-state index in [0.29, 0.717) is 13.2 Å². The summed E-state index contributed by atoms with van der Waals surface area (Å²) in [6, 6.07) is 16.7. The predicted molar refractivity (Wildman–Crippen MR) is 103 cm³/mol. The summed E-state index contributed by atoms with van der Waals surface area (Å²) in [6.07, 6.45) is -0.468. The number of β-amino-alcohol motifs (C(OH)–C–C–N with tert-alkyl or cyclic N) is 1. The van der Waals surface area contributed by atoms with Crippen LogP contribution in [0.15, 0.2) is 48.5 Å². The van der Waals surface area contributed by atoms with Gasteiger partial charge in [0.1, 0.15) is 18.5 Å². The maximum absolute atomic E-state index is 10.3. The molecule has 1 unspecified atom stereocenters. The van der Waals surface area contributed by atoms with E-state index in [1.807, 2.05) is 18.2 Å². The van der Waals surface area contributed by atoms with Crippen LogP contribution in [0.2, 0.25) is 0 Å². The zero-order chi connectivity index (χ0) is 17.6. The Kier molecular flexibility index (Phi) is 5.95. The van der Waals surface area contributed by atoms with Crippen LogP contribution in [0.4, 0.5) is 5.69 Å².